The molecule has 1 aliphatic rings. The van der Waals surface area contributed by atoms with Crippen molar-refractivity contribution in [1.82, 2.24) is 9.80 Å². The third-order valence-corrected chi connectivity index (χ3v) is 3.85. The molecule has 1 aromatic rings. The molecule has 1 saturated heterocycles. The number of hydrogen-bond acceptors (Lipinski definition) is 4. The van der Waals surface area contributed by atoms with Crippen molar-refractivity contribution in [3.05, 3.63) is 29.8 Å². The zero-order valence-corrected chi connectivity index (χ0v) is 12.7. The molecule has 0 bridgehead atoms. The number of nitrogens with zero attached hydrogens (tertiary/aromatic N) is 3. The summed E-state index contributed by atoms with van der Waals surface area (Å²) in [6, 6.07) is 9.59. The number of anilines is 1. The summed E-state index contributed by atoms with van der Waals surface area (Å²) in [4.78, 5) is 16.5. The largest absolute Gasteiger partial charge is 0.325 e. The molecule has 1 aromatic carbocycles. The maximum absolute atomic E-state index is 12.1. The fourth-order valence-corrected chi connectivity index (χ4v) is 2.67. The molecule has 0 aromatic heterocycles. The first kappa shape index (κ1) is 15.5. The van der Waals surface area contributed by atoms with Crippen LogP contribution in [-0.4, -0.2) is 55.5 Å². The number of likely N-dealkylation sites (N-methyl/N-ethyl adjacent to an activating group) is 1. The Bertz CT molecular complexity index is 535. The third kappa shape index (κ3) is 4.55. The van der Waals surface area contributed by atoms with Gasteiger partial charge in [-0.25, -0.2) is 0 Å². The van der Waals surface area contributed by atoms with Crippen molar-refractivity contribution in [2.75, 3.05) is 39.0 Å². The van der Waals surface area contributed by atoms with Crippen LogP contribution in [0, 0.1) is 11.3 Å². The predicted octanol–water partition coefficient (Wildman–Crippen LogP) is 1.52. The Balaban J connectivity index is 1.88. The second-order valence-corrected chi connectivity index (χ2v) is 5.74. The molecule has 1 N–H and O–H groups in total. The summed E-state index contributed by atoms with van der Waals surface area (Å²) in [5.41, 5.74) is 1.23. The van der Waals surface area contributed by atoms with E-state index in [0.29, 0.717) is 23.8 Å². The summed E-state index contributed by atoms with van der Waals surface area (Å²) in [6.45, 7) is 2.30. The van der Waals surface area contributed by atoms with Crippen molar-refractivity contribution in [3.63, 3.8) is 0 Å². The molecular formula is C16H22N4O. The average Bonchev–Trinajstić information content (AvgIpc) is 2.47. The molecule has 0 saturated carbocycles. The molecule has 5 nitrogen and oxygen atoms in total. The van der Waals surface area contributed by atoms with Gasteiger partial charge in [0.05, 0.1) is 18.2 Å². The van der Waals surface area contributed by atoms with Gasteiger partial charge < -0.3 is 10.2 Å². The zero-order valence-electron chi connectivity index (χ0n) is 12.7. The van der Waals surface area contributed by atoms with Gasteiger partial charge in [-0.2, -0.15) is 5.26 Å². The SMILES string of the molecule is CN(C)C1CCCN(CC(=O)Nc2cccc(C#N)c2)C1. The Morgan fingerprint density at radius 1 is 1.52 bits per heavy atom. The van der Waals surface area contributed by atoms with E-state index in [0.717, 1.165) is 19.5 Å². The van der Waals surface area contributed by atoms with Crippen LogP contribution in [-0.2, 0) is 4.79 Å². The molecule has 0 aliphatic carbocycles. The summed E-state index contributed by atoms with van der Waals surface area (Å²) < 4.78 is 0. The van der Waals surface area contributed by atoms with Gasteiger partial charge in [-0.1, -0.05) is 6.07 Å². The Morgan fingerprint density at radius 3 is 3.05 bits per heavy atom. The molecular weight excluding hydrogens is 264 g/mol. The summed E-state index contributed by atoms with van der Waals surface area (Å²) in [6.07, 6.45) is 2.31. The van der Waals surface area contributed by atoms with Crippen molar-refractivity contribution in [1.29, 1.82) is 5.26 Å². The van der Waals surface area contributed by atoms with Gasteiger partial charge >= 0.3 is 0 Å². The number of benzene rings is 1. The molecule has 1 unspecified atom stereocenters. The lowest BCUT2D eigenvalue weighted by Gasteiger charge is -2.35. The zero-order chi connectivity index (χ0) is 15.2. The average molecular weight is 286 g/mol. The molecule has 1 atom stereocenters. The van der Waals surface area contributed by atoms with Crippen LogP contribution >= 0.6 is 0 Å². The number of amides is 1. The molecule has 2 rings (SSSR count). The summed E-state index contributed by atoms with van der Waals surface area (Å²) >= 11 is 0. The van der Waals surface area contributed by atoms with E-state index < -0.39 is 0 Å². The lowest BCUT2D eigenvalue weighted by molar-refractivity contribution is -0.117. The fraction of sp³-hybridized carbons (Fsp3) is 0.500. The molecule has 5 heteroatoms. The quantitative estimate of drug-likeness (QED) is 0.912. The molecule has 0 spiro atoms. The first-order chi connectivity index (χ1) is 10.1. The minimum absolute atomic E-state index is 0.0236. The van der Waals surface area contributed by atoms with Crippen molar-refractivity contribution >= 4 is 11.6 Å². The number of hydrogen-bond donors (Lipinski definition) is 1. The van der Waals surface area contributed by atoms with Crippen molar-refractivity contribution < 1.29 is 4.79 Å². The second kappa shape index (κ2) is 7.21. The van der Waals surface area contributed by atoms with Crippen LogP contribution in [0.15, 0.2) is 24.3 Å². The van der Waals surface area contributed by atoms with E-state index in [-0.39, 0.29) is 5.91 Å². The maximum atomic E-state index is 12.1. The molecule has 1 heterocycles. The van der Waals surface area contributed by atoms with Crippen LogP contribution in [0.1, 0.15) is 18.4 Å². The number of likely N-dealkylation sites (tertiary alicyclic amines) is 1. The van der Waals surface area contributed by atoms with Gasteiger partial charge in [-0.3, -0.25) is 9.69 Å². The van der Waals surface area contributed by atoms with Gasteiger partial charge in [0.15, 0.2) is 0 Å². The molecule has 1 fully saturated rings. The first-order valence-electron chi connectivity index (χ1n) is 7.27. The maximum Gasteiger partial charge on any atom is 0.238 e. The number of piperidine rings is 1. The van der Waals surface area contributed by atoms with E-state index in [1.807, 2.05) is 0 Å². The fourth-order valence-electron chi connectivity index (χ4n) is 2.67. The Hall–Kier alpha value is -1.90. The van der Waals surface area contributed by atoms with Gasteiger partial charge in [-0.05, 0) is 51.7 Å². The van der Waals surface area contributed by atoms with Crippen LogP contribution < -0.4 is 5.32 Å². The Labute approximate surface area is 126 Å². The number of carbonyl (C=O) groups is 1. The molecule has 1 aliphatic heterocycles. The Kier molecular flexibility index (Phi) is 5.32. The van der Waals surface area contributed by atoms with E-state index in [1.54, 1.807) is 24.3 Å². The van der Waals surface area contributed by atoms with Gasteiger partial charge in [0.2, 0.25) is 5.91 Å². The van der Waals surface area contributed by atoms with Crippen molar-refractivity contribution in [2.45, 2.75) is 18.9 Å². The smallest absolute Gasteiger partial charge is 0.238 e. The Morgan fingerprint density at radius 2 is 2.33 bits per heavy atom. The lowest BCUT2D eigenvalue weighted by atomic mass is 10.1. The number of rotatable bonds is 4. The highest BCUT2D eigenvalue weighted by Crippen LogP contribution is 2.14. The summed E-state index contributed by atoms with van der Waals surface area (Å²) in [5, 5.41) is 11.7. The van der Waals surface area contributed by atoms with Crippen LogP contribution in [0.5, 0.6) is 0 Å². The molecule has 0 radical (unpaired) electrons. The standard InChI is InChI=1S/C16H22N4O/c1-19(2)15-7-4-8-20(11-15)12-16(21)18-14-6-3-5-13(9-14)10-17/h3,5-6,9,15H,4,7-8,11-12H2,1-2H3,(H,18,21). The number of nitriles is 1. The van der Waals surface area contributed by atoms with Gasteiger partial charge in [-0.15, -0.1) is 0 Å². The highest BCUT2D eigenvalue weighted by Gasteiger charge is 2.22. The highest BCUT2D eigenvalue weighted by molar-refractivity contribution is 5.92. The van der Waals surface area contributed by atoms with E-state index in [2.05, 4.69) is 35.3 Å². The number of carbonyl (C=O) groups excluding carboxylic acids is 1. The van der Waals surface area contributed by atoms with Crippen molar-refractivity contribution in [2.24, 2.45) is 0 Å². The highest BCUT2D eigenvalue weighted by atomic mass is 16.2. The van der Waals surface area contributed by atoms with Crippen LogP contribution in [0.4, 0.5) is 5.69 Å². The third-order valence-electron chi connectivity index (χ3n) is 3.85. The van der Waals surface area contributed by atoms with Crippen LogP contribution in [0.2, 0.25) is 0 Å². The van der Waals surface area contributed by atoms with E-state index in [9.17, 15) is 4.79 Å². The topological polar surface area (TPSA) is 59.4 Å². The first-order valence-corrected chi connectivity index (χ1v) is 7.27. The lowest BCUT2D eigenvalue weighted by Crippen LogP contribution is -2.47. The normalized spacial score (nSPS) is 19.2. The van der Waals surface area contributed by atoms with E-state index >= 15 is 0 Å². The van der Waals surface area contributed by atoms with Gasteiger partial charge in [0.25, 0.3) is 0 Å². The summed E-state index contributed by atoms with van der Waals surface area (Å²) in [5.74, 6) is -0.0236. The monoisotopic (exact) mass is 286 g/mol. The number of nitrogens with one attached hydrogen (secondary N) is 1. The van der Waals surface area contributed by atoms with E-state index in [4.69, 9.17) is 5.26 Å². The van der Waals surface area contributed by atoms with Crippen molar-refractivity contribution in [3.8, 4) is 6.07 Å². The van der Waals surface area contributed by atoms with E-state index in [1.165, 1.54) is 6.42 Å². The minimum Gasteiger partial charge on any atom is -0.325 e. The molecule has 1 amide bonds. The predicted molar refractivity (Wildman–Crippen MR) is 82.9 cm³/mol. The molecule has 21 heavy (non-hydrogen) atoms. The summed E-state index contributed by atoms with van der Waals surface area (Å²) in [7, 11) is 4.17. The van der Waals surface area contributed by atoms with Crippen LogP contribution in [0.3, 0.4) is 0 Å². The van der Waals surface area contributed by atoms with Gasteiger partial charge in [0, 0.05) is 18.3 Å². The second-order valence-electron chi connectivity index (χ2n) is 5.74. The van der Waals surface area contributed by atoms with Gasteiger partial charge in [0.1, 0.15) is 0 Å². The minimum atomic E-state index is -0.0236. The van der Waals surface area contributed by atoms with Crippen LogP contribution in [0.25, 0.3) is 0 Å². The molecule has 112 valence electrons.